The zero-order chi connectivity index (χ0) is 23.0. The van der Waals surface area contributed by atoms with E-state index < -0.39 is 5.76 Å². The van der Waals surface area contributed by atoms with Crippen LogP contribution < -0.4 is 14.8 Å². The molecule has 4 rings (SSSR count). The van der Waals surface area contributed by atoms with Crippen molar-refractivity contribution in [1.82, 2.24) is 20.3 Å². The molecule has 3 aromatic rings. The Hall–Kier alpha value is -2.79. The van der Waals surface area contributed by atoms with Crippen LogP contribution in [-0.2, 0) is 10.3 Å². The lowest BCUT2D eigenvalue weighted by Gasteiger charge is -2.15. The fraction of sp³-hybridized carbons (Fsp3) is 0.333. The highest BCUT2D eigenvalue weighted by Gasteiger charge is 2.44. The Morgan fingerprint density at radius 2 is 2.12 bits per heavy atom. The van der Waals surface area contributed by atoms with Crippen molar-refractivity contribution in [1.29, 1.82) is 0 Å². The second-order valence-electron chi connectivity index (χ2n) is 6.82. The molecule has 1 aliphatic rings. The quantitative estimate of drug-likeness (QED) is 0.329. The van der Waals surface area contributed by atoms with Gasteiger partial charge in [-0.25, -0.2) is 9.97 Å². The normalized spacial score (nSPS) is 13.7. The number of aryl methyl sites for hydroxylation is 1. The molecule has 0 saturated heterocycles. The van der Waals surface area contributed by atoms with Crippen LogP contribution >= 0.6 is 23.3 Å². The smallest absolute Gasteiger partial charge is 0.302 e. The van der Waals surface area contributed by atoms with Gasteiger partial charge in [0.1, 0.15) is 5.69 Å². The lowest BCUT2D eigenvalue weighted by molar-refractivity contribution is -0.110. The van der Waals surface area contributed by atoms with Gasteiger partial charge in [0, 0.05) is 23.8 Å². The fourth-order valence-electron chi connectivity index (χ4n) is 2.91. The van der Waals surface area contributed by atoms with E-state index in [-0.39, 0.29) is 5.54 Å². The molecule has 2 heterocycles. The van der Waals surface area contributed by atoms with Crippen LogP contribution in [0.4, 0.5) is 14.5 Å². The van der Waals surface area contributed by atoms with E-state index in [9.17, 15) is 13.6 Å². The molecule has 32 heavy (non-hydrogen) atoms. The molecule has 1 aromatic carbocycles. The number of hydrogen-bond donors (Lipinski definition) is 2. The summed E-state index contributed by atoms with van der Waals surface area (Å²) in [7, 11) is 0. The molecule has 0 unspecified atom stereocenters. The monoisotopic (exact) mass is 479 g/mol. The maximum atomic E-state index is 12.0. The maximum absolute atomic E-state index is 12.0. The Labute approximate surface area is 193 Å². The summed E-state index contributed by atoms with van der Waals surface area (Å²) in [6.07, 6.45) is 7.59. The van der Waals surface area contributed by atoms with Gasteiger partial charge in [0.25, 0.3) is 0 Å². The van der Waals surface area contributed by atoms with Gasteiger partial charge < -0.3 is 14.8 Å². The zero-order valence-electron chi connectivity index (χ0n) is 17.5. The van der Waals surface area contributed by atoms with Crippen molar-refractivity contribution in [2.75, 3.05) is 11.3 Å². The highest BCUT2D eigenvalue weighted by molar-refractivity contribution is 8.00. The number of amides is 1. The molecule has 2 aromatic heterocycles. The summed E-state index contributed by atoms with van der Waals surface area (Å²) < 4.78 is 31.9. The van der Waals surface area contributed by atoms with Crippen LogP contribution in [0.15, 0.2) is 42.9 Å². The number of nitrogens with zero attached hydrogens (tertiary/aromatic N) is 3. The zero-order valence-corrected chi connectivity index (χ0v) is 19.2. The first kappa shape index (κ1) is 23.9. The number of ether oxygens (including phenoxy) is 1. The van der Waals surface area contributed by atoms with E-state index in [1.165, 1.54) is 0 Å². The summed E-state index contributed by atoms with van der Waals surface area (Å²) in [5.41, 5.74) is 2.09. The maximum Gasteiger partial charge on any atom is 0.302 e. The second-order valence-corrected chi connectivity index (χ2v) is 8.86. The van der Waals surface area contributed by atoms with Gasteiger partial charge in [0.15, 0.2) is 0 Å². The number of nitrogens with one attached hydrogen (secondary N) is 2. The molecule has 0 spiro atoms. The molecule has 0 atom stereocenters. The standard InChI is InChI=1S/C11H12F2N2OS.C10H11N3OS/c12-10(13)17-15-9-3-1-2-8(6-9)11(4-5-11)14-7-16;1-3-14-10-6-11-4-8(13-10)9-5-12-7(2)15-9/h1-3,6-7,10,15H,4-5H2,(H,14,16);4-6H,3H2,1-2H3. The first-order chi connectivity index (χ1) is 15.5. The number of carbonyl (C=O) groups is 1. The van der Waals surface area contributed by atoms with Crippen molar-refractivity contribution in [3.8, 4) is 16.5 Å². The number of rotatable bonds is 9. The van der Waals surface area contributed by atoms with Crippen molar-refractivity contribution < 1.29 is 18.3 Å². The summed E-state index contributed by atoms with van der Waals surface area (Å²) in [5.74, 6) is -1.90. The van der Waals surface area contributed by atoms with Gasteiger partial charge in [0.05, 0.1) is 34.4 Å². The van der Waals surface area contributed by atoms with E-state index in [0.29, 0.717) is 36.5 Å². The first-order valence-electron chi connectivity index (χ1n) is 9.85. The van der Waals surface area contributed by atoms with E-state index in [2.05, 4.69) is 25.0 Å². The molecule has 0 bridgehead atoms. The third-order valence-electron chi connectivity index (χ3n) is 4.54. The van der Waals surface area contributed by atoms with E-state index in [4.69, 9.17) is 4.74 Å². The molecule has 1 amide bonds. The van der Waals surface area contributed by atoms with Crippen LogP contribution in [-0.4, -0.2) is 33.7 Å². The van der Waals surface area contributed by atoms with Crippen LogP contribution in [0, 0.1) is 6.92 Å². The lowest BCUT2D eigenvalue weighted by atomic mass is 10.0. The number of hydrogen-bond acceptors (Lipinski definition) is 8. The third-order valence-corrected chi connectivity index (χ3v) is 6.01. The number of anilines is 1. The molecule has 2 N–H and O–H groups in total. The Bertz CT molecular complexity index is 1030. The number of benzene rings is 1. The van der Waals surface area contributed by atoms with Crippen LogP contribution in [0.3, 0.4) is 0 Å². The number of carbonyl (C=O) groups excluding carboxylic acids is 1. The molecule has 1 saturated carbocycles. The van der Waals surface area contributed by atoms with Gasteiger partial charge in [-0.2, -0.15) is 8.78 Å². The number of halogens is 2. The van der Waals surface area contributed by atoms with Crippen molar-refractivity contribution in [3.63, 3.8) is 0 Å². The minimum atomic E-state index is -2.46. The van der Waals surface area contributed by atoms with Crippen molar-refractivity contribution >= 4 is 35.4 Å². The molecule has 1 aliphatic carbocycles. The molecular formula is C21H23F2N5O2S2. The largest absolute Gasteiger partial charge is 0.477 e. The second kappa shape index (κ2) is 11.2. The highest BCUT2D eigenvalue weighted by Crippen LogP contribution is 2.45. The van der Waals surface area contributed by atoms with Crippen LogP contribution in [0.25, 0.3) is 10.6 Å². The SMILES string of the molecule is CCOc1cncc(-c2cnc(C)s2)n1.O=CNC1(c2cccc(NSC(F)F)c2)CC1. The van der Waals surface area contributed by atoms with Crippen molar-refractivity contribution in [3.05, 3.63) is 53.4 Å². The topological polar surface area (TPSA) is 89.0 Å². The third kappa shape index (κ3) is 6.60. The predicted octanol–water partition coefficient (Wildman–Crippen LogP) is 5.01. The molecular weight excluding hydrogens is 456 g/mol. The number of thiazole rings is 1. The van der Waals surface area contributed by atoms with Crippen molar-refractivity contribution in [2.45, 2.75) is 38.0 Å². The Kier molecular flexibility index (Phi) is 8.34. The highest BCUT2D eigenvalue weighted by atomic mass is 32.2. The summed E-state index contributed by atoms with van der Waals surface area (Å²) in [4.78, 5) is 24.1. The lowest BCUT2D eigenvalue weighted by Crippen LogP contribution is -2.27. The molecule has 0 radical (unpaired) electrons. The average molecular weight is 480 g/mol. The Morgan fingerprint density at radius 3 is 2.75 bits per heavy atom. The number of alkyl halides is 2. The minimum Gasteiger partial charge on any atom is -0.477 e. The van der Waals surface area contributed by atoms with Gasteiger partial charge in [0.2, 0.25) is 12.3 Å². The van der Waals surface area contributed by atoms with Gasteiger partial charge in [-0.1, -0.05) is 12.1 Å². The summed E-state index contributed by atoms with van der Waals surface area (Å²) >= 11 is 1.96. The Balaban J connectivity index is 0.000000182. The fourth-order valence-corrected chi connectivity index (χ4v) is 4.00. The first-order valence-corrected chi connectivity index (χ1v) is 11.5. The van der Waals surface area contributed by atoms with E-state index in [0.717, 1.165) is 34.0 Å². The van der Waals surface area contributed by atoms with Gasteiger partial charge in [-0.15, -0.1) is 11.3 Å². The van der Waals surface area contributed by atoms with Crippen LogP contribution in [0.1, 0.15) is 30.3 Å². The number of aromatic nitrogens is 3. The van der Waals surface area contributed by atoms with Crippen LogP contribution in [0.2, 0.25) is 0 Å². The molecule has 170 valence electrons. The molecule has 0 aliphatic heterocycles. The van der Waals surface area contributed by atoms with E-state index >= 15 is 0 Å². The van der Waals surface area contributed by atoms with Crippen molar-refractivity contribution in [2.24, 2.45) is 0 Å². The average Bonchev–Trinajstić information content (AvgIpc) is 3.45. The van der Waals surface area contributed by atoms with Gasteiger partial charge in [-0.05, 0) is 44.4 Å². The summed E-state index contributed by atoms with van der Waals surface area (Å²) in [5, 5.41) is 3.80. The minimum absolute atomic E-state index is 0.283. The Morgan fingerprint density at radius 1 is 1.31 bits per heavy atom. The summed E-state index contributed by atoms with van der Waals surface area (Å²) in [6.45, 7) is 4.49. The molecule has 11 heteroatoms. The van der Waals surface area contributed by atoms with Crippen LogP contribution in [0.5, 0.6) is 5.88 Å². The van der Waals surface area contributed by atoms with Gasteiger partial charge in [-0.3, -0.25) is 9.78 Å². The summed E-state index contributed by atoms with van der Waals surface area (Å²) in [6, 6.07) is 7.19. The molecule has 7 nitrogen and oxygen atoms in total. The van der Waals surface area contributed by atoms with E-state index in [1.807, 2.05) is 19.9 Å². The predicted molar refractivity (Wildman–Crippen MR) is 123 cm³/mol. The molecule has 1 fully saturated rings. The van der Waals surface area contributed by atoms with Gasteiger partial charge >= 0.3 is 5.76 Å². The van der Waals surface area contributed by atoms with E-state index in [1.54, 1.807) is 48.1 Å².